The minimum Gasteiger partial charge on any atom is -0.391 e. The molecule has 0 saturated carbocycles. The van der Waals surface area contributed by atoms with E-state index in [2.05, 4.69) is 19.2 Å². The molecular weight excluding hydrogens is 602 g/mol. The van der Waals surface area contributed by atoms with E-state index in [4.69, 9.17) is 0 Å². The van der Waals surface area contributed by atoms with E-state index in [1.807, 2.05) is 0 Å². The summed E-state index contributed by atoms with van der Waals surface area (Å²) in [6, 6.07) is 0. The van der Waals surface area contributed by atoms with Crippen molar-refractivity contribution in [3.8, 4) is 0 Å². The number of Topliss-reactive ketones (excluding diaryl/α,β-unsaturated/α-hetero) is 1. The first kappa shape index (κ1) is 48.1. The Bertz CT molecular complexity index is 666. The normalized spacial score (nSPS) is 12.1. The maximum absolute atomic E-state index is 12.1. The lowest BCUT2D eigenvalue weighted by Crippen LogP contribution is -2.31. The third-order valence-electron chi connectivity index (χ3n) is 10.6. The minimum absolute atomic E-state index is 0.100. The summed E-state index contributed by atoms with van der Waals surface area (Å²) in [7, 11) is 0. The van der Waals surface area contributed by atoms with Gasteiger partial charge in [-0.3, -0.25) is 9.59 Å². The topological polar surface area (TPSA) is 66.4 Å². The van der Waals surface area contributed by atoms with E-state index in [9.17, 15) is 14.7 Å². The fourth-order valence-corrected chi connectivity index (χ4v) is 7.13. The molecule has 0 aliphatic carbocycles. The maximum Gasteiger partial charge on any atom is 0.220 e. The molecule has 0 aromatic heterocycles. The second-order valence-corrected chi connectivity index (χ2v) is 15.7. The van der Waals surface area contributed by atoms with Crippen molar-refractivity contribution < 1.29 is 14.7 Å². The van der Waals surface area contributed by atoms with Gasteiger partial charge in [-0.15, -0.1) is 0 Å². The maximum atomic E-state index is 12.1. The first-order valence-corrected chi connectivity index (χ1v) is 22.6. The Balaban J connectivity index is 3.30. The van der Waals surface area contributed by atoms with Gasteiger partial charge in [0.05, 0.1) is 6.10 Å². The molecule has 0 aliphatic rings. The molecule has 0 aromatic rings. The van der Waals surface area contributed by atoms with Gasteiger partial charge in [-0.05, 0) is 25.7 Å². The summed E-state index contributed by atoms with van der Waals surface area (Å²) in [6.07, 6.45) is 48.2. The van der Waals surface area contributed by atoms with Crippen LogP contribution < -0.4 is 5.32 Å². The van der Waals surface area contributed by atoms with E-state index < -0.39 is 6.10 Å². The molecule has 0 heterocycles. The average Bonchev–Trinajstić information content (AvgIpc) is 3.10. The van der Waals surface area contributed by atoms with Gasteiger partial charge in [0.2, 0.25) is 5.91 Å². The number of ketones is 1. The van der Waals surface area contributed by atoms with Crippen LogP contribution in [0.5, 0.6) is 0 Å². The summed E-state index contributed by atoms with van der Waals surface area (Å²) >= 11 is 0. The monoisotopic (exact) mass is 692 g/mol. The number of rotatable bonds is 42. The van der Waals surface area contributed by atoms with Crippen molar-refractivity contribution in [2.24, 2.45) is 0 Å². The van der Waals surface area contributed by atoms with Crippen LogP contribution in [0.1, 0.15) is 264 Å². The number of nitrogens with one attached hydrogen (secondary N) is 1. The van der Waals surface area contributed by atoms with Crippen LogP contribution in [-0.2, 0) is 9.59 Å². The van der Waals surface area contributed by atoms with Crippen LogP contribution in [0.3, 0.4) is 0 Å². The lowest BCUT2D eigenvalue weighted by molar-refractivity contribution is -0.121. The highest BCUT2D eigenvalue weighted by molar-refractivity contribution is 5.78. The fraction of sp³-hybridized carbons (Fsp3) is 0.956. The predicted molar refractivity (Wildman–Crippen MR) is 215 cm³/mol. The van der Waals surface area contributed by atoms with E-state index in [0.29, 0.717) is 18.7 Å². The van der Waals surface area contributed by atoms with Crippen molar-refractivity contribution in [3.63, 3.8) is 0 Å². The average molecular weight is 692 g/mol. The second-order valence-electron chi connectivity index (χ2n) is 15.7. The van der Waals surface area contributed by atoms with Crippen LogP contribution in [0.4, 0.5) is 0 Å². The number of aliphatic hydroxyl groups is 1. The van der Waals surface area contributed by atoms with E-state index in [1.54, 1.807) is 0 Å². The van der Waals surface area contributed by atoms with Gasteiger partial charge in [0, 0.05) is 25.8 Å². The summed E-state index contributed by atoms with van der Waals surface area (Å²) in [5.41, 5.74) is 0. The van der Waals surface area contributed by atoms with Crippen LogP contribution in [-0.4, -0.2) is 29.4 Å². The number of hydrogen-bond acceptors (Lipinski definition) is 3. The first-order valence-electron chi connectivity index (χ1n) is 22.6. The highest BCUT2D eigenvalue weighted by atomic mass is 16.3. The van der Waals surface area contributed by atoms with Gasteiger partial charge in [-0.2, -0.15) is 0 Å². The minimum atomic E-state index is -0.398. The molecule has 0 aliphatic heterocycles. The molecule has 2 N–H and O–H groups in total. The number of amides is 1. The van der Waals surface area contributed by atoms with Crippen LogP contribution >= 0.6 is 0 Å². The van der Waals surface area contributed by atoms with Gasteiger partial charge in [0.1, 0.15) is 5.78 Å². The quantitative estimate of drug-likeness (QED) is 0.0626. The molecular formula is C45H89NO3. The van der Waals surface area contributed by atoms with Crippen molar-refractivity contribution in [1.82, 2.24) is 5.32 Å². The lowest BCUT2D eigenvalue weighted by Gasteiger charge is -2.12. The van der Waals surface area contributed by atoms with Crippen molar-refractivity contribution in [2.75, 3.05) is 6.54 Å². The van der Waals surface area contributed by atoms with E-state index in [1.165, 1.54) is 193 Å². The molecule has 0 saturated heterocycles. The zero-order chi connectivity index (χ0) is 35.7. The van der Waals surface area contributed by atoms with Crippen molar-refractivity contribution in [3.05, 3.63) is 0 Å². The molecule has 292 valence electrons. The van der Waals surface area contributed by atoms with Crippen molar-refractivity contribution in [2.45, 2.75) is 270 Å². The largest absolute Gasteiger partial charge is 0.391 e. The van der Waals surface area contributed by atoms with E-state index in [-0.39, 0.29) is 5.91 Å². The molecule has 0 rings (SSSR count). The fourth-order valence-electron chi connectivity index (χ4n) is 7.13. The molecule has 1 atom stereocenters. The standard InChI is InChI=1S/C45H89NO3/c1-3-5-7-9-11-13-14-15-16-20-24-28-32-36-40-44(48)42-46-45(49)41-37-33-29-25-21-18-17-19-23-27-31-35-39-43(47)38-34-30-26-22-12-10-8-6-4-2/h44,48H,3-42H2,1-2H3,(H,46,49). The summed E-state index contributed by atoms with van der Waals surface area (Å²) in [4.78, 5) is 24.3. The zero-order valence-corrected chi connectivity index (χ0v) is 33.6. The highest BCUT2D eigenvalue weighted by Crippen LogP contribution is 2.16. The van der Waals surface area contributed by atoms with Crippen LogP contribution in [0.15, 0.2) is 0 Å². The molecule has 0 aromatic carbocycles. The number of aliphatic hydroxyl groups excluding tert-OH is 1. The van der Waals surface area contributed by atoms with Gasteiger partial charge in [-0.1, -0.05) is 219 Å². The lowest BCUT2D eigenvalue weighted by atomic mass is 10.0. The molecule has 0 radical (unpaired) electrons. The smallest absolute Gasteiger partial charge is 0.220 e. The van der Waals surface area contributed by atoms with Crippen LogP contribution in [0.2, 0.25) is 0 Å². The predicted octanol–water partition coefficient (Wildman–Crippen LogP) is 14.3. The second kappa shape index (κ2) is 41.5. The van der Waals surface area contributed by atoms with Gasteiger partial charge in [0.25, 0.3) is 0 Å². The molecule has 1 unspecified atom stereocenters. The first-order chi connectivity index (χ1) is 24.1. The Labute approximate surface area is 307 Å². The summed E-state index contributed by atoms with van der Waals surface area (Å²) < 4.78 is 0. The van der Waals surface area contributed by atoms with E-state index in [0.717, 1.165) is 51.4 Å². The Hall–Kier alpha value is -0.900. The highest BCUT2D eigenvalue weighted by Gasteiger charge is 2.07. The number of unbranched alkanes of at least 4 members (excludes halogenated alkanes) is 32. The molecule has 4 heteroatoms. The summed E-state index contributed by atoms with van der Waals surface area (Å²) in [5.74, 6) is 0.594. The molecule has 49 heavy (non-hydrogen) atoms. The Kier molecular flexibility index (Phi) is 40.8. The van der Waals surface area contributed by atoms with Gasteiger partial charge < -0.3 is 10.4 Å². The Morgan fingerprint density at radius 1 is 0.388 bits per heavy atom. The number of hydrogen-bond donors (Lipinski definition) is 2. The SMILES string of the molecule is CCCCCCCCCCCCCCCCC(O)CNC(=O)CCCCCCCCCCCCCCC(=O)CCCCCCCCCCC. The molecule has 0 fully saturated rings. The Morgan fingerprint density at radius 3 is 0.980 bits per heavy atom. The van der Waals surface area contributed by atoms with Crippen molar-refractivity contribution >= 4 is 11.7 Å². The molecule has 1 amide bonds. The van der Waals surface area contributed by atoms with Gasteiger partial charge in [-0.25, -0.2) is 0 Å². The summed E-state index contributed by atoms with van der Waals surface area (Å²) in [6.45, 7) is 4.96. The third kappa shape index (κ3) is 41.4. The van der Waals surface area contributed by atoms with Crippen molar-refractivity contribution in [1.29, 1.82) is 0 Å². The van der Waals surface area contributed by atoms with Crippen LogP contribution in [0, 0.1) is 0 Å². The van der Waals surface area contributed by atoms with Crippen LogP contribution in [0.25, 0.3) is 0 Å². The summed E-state index contributed by atoms with van der Waals surface area (Å²) in [5, 5.41) is 13.2. The number of carbonyl (C=O) groups is 2. The number of carbonyl (C=O) groups excluding carboxylic acids is 2. The third-order valence-corrected chi connectivity index (χ3v) is 10.6. The molecule has 0 spiro atoms. The zero-order valence-electron chi connectivity index (χ0n) is 33.6. The van der Waals surface area contributed by atoms with Gasteiger partial charge >= 0.3 is 0 Å². The van der Waals surface area contributed by atoms with E-state index >= 15 is 0 Å². The van der Waals surface area contributed by atoms with Gasteiger partial charge in [0.15, 0.2) is 0 Å². The molecule has 0 bridgehead atoms. The molecule has 4 nitrogen and oxygen atoms in total. The Morgan fingerprint density at radius 2 is 0.653 bits per heavy atom.